The Balaban J connectivity index is 1.97. The molecule has 0 aliphatic heterocycles. The van der Waals surface area contributed by atoms with Crippen molar-refractivity contribution in [2.24, 2.45) is 5.73 Å². The van der Waals surface area contributed by atoms with Gasteiger partial charge in [0.05, 0.1) is 16.8 Å². The Morgan fingerprint density at radius 3 is 3.18 bits per heavy atom. The fourth-order valence-electron chi connectivity index (χ4n) is 1.29. The number of fused-ring (bicyclic) bond motifs is 1. The number of halogens is 1. The Kier molecular flexibility index (Phi) is 3.38. The van der Waals surface area contributed by atoms with Crippen LogP contribution >= 0.6 is 11.3 Å². The number of aromatic nitrogens is 1. The minimum Gasteiger partial charge on any atom is -0.448 e. The van der Waals surface area contributed by atoms with E-state index in [1.54, 1.807) is 6.07 Å². The van der Waals surface area contributed by atoms with Gasteiger partial charge in [-0.3, -0.25) is 0 Å². The van der Waals surface area contributed by atoms with Gasteiger partial charge >= 0.3 is 6.09 Å². The maximum atomic E-state index is 12.9. The summed E-state index contributed by atoms with van der Waals surface area (Å²) in [5.74, 6) is -0.314. The van der Waals surface area contributed by atoms with Crippen molar-refractivity contribution in [3.8, 4) is 0 Å². The molecule has 0 fully saturated rings. The number of amides is 1. The molecule has 0 saturated heterocycles. The number of nitrogens with two attached hydrogens (primary N) is 1. The summed E-state index contributed by atoms with van der Waals surface area (Å²) in [5.41, 5.74) is 5.41. The van der Waals surface area contributed by atoms with Crippen LogP contribution in [0.25, 0.3) is 10.2 Å². The Hall–Kier alpha value is -1.89. The molecule has 5 nitrogen and oxygen atoms in total. The van der Waals surface area contributed by atoms with Gasteiger partial charge in [-0.05, 0) is 12.1 Å². The fourth-order valence-corrected chi connectivity index (χ4v) is 2.16. The summed E-state index contributed by atoms with van der Waals surface area (Å²) < 4.78 is 18.4. The first-order valence-corrected chi connectivity index (χ1v) is 5.69. The fraction of sp³-hybridized carbons (Fsp3) is 0.200. The second-order valence-electron chi connectivity index (χ2n) is 3.23. The number of nitrogens with one attached hydrogen (secondary N) is 1. The minimum atomic E-state index is -0.807. The van der Waals surface area contributed by atoms with Gasteiger partial charge < -0.3 is 15.8 Å². The number of hydrogen-bond donors (Lipinski definition) is 2. The maximum absolute atomic E-state index is 12.9. The van der Waals surface area contributed by atoms with E-state index in [0.717, 1.165) is 4.70 Å². The first kappa shape index (κ1) is 11.6. The van der Waals surface area contributed by atoms with Crippen LogP contribution in [-0.2, 0) is 4.74 Å². The third kappa shape index (κ3) is 3.04. The predicted octanol–water partition coefficient (Wildman–Crippen LogP) is 1.94. The highest BCUT2D eigenvalue weighted by Gasteiger charge is 2.04. The second-order valence-corrected chi connectivity index (χ2v) is 4.26. The van der Waals surface area contributed by atoms with Crippen LogP contribution in [0, 0.1) is 5.82 Å². The highest BCUT2D eigenvalue weighted by Crippen LogP contribution is 2.25. The molecule has 0 radical (unpaired) electrons. The van der Waals surface area contributed by atoms with Crippen molar-refractivity contribution in [3.05, 3.63) is 24.0 Å². The van der Waals surface area contributed by atoms with E-state index in [1.807, 2.05) is 0 Å². The van der Waals surface area contributed by atoms with Crippen LogP contribution in [0.1, 0.15) is 0 Å². The SMILES string of the molecule is NC(=O)OCCNc1nc2cc(F)ccc2s1. The average molecular weight is 255 g/mol. The molecule has 0 atom stereocenters. The zero-order chi connectivity index (χ0) is 12.3. The third-order valence-corrected chi connectivity index (χ3v) is 2.97. The summed E-state index contributed by atoms with van der Waals surface area (Å²) in [7, 11) is 0. The molecule has 1 amide bonds. The number of nitrogens with zero attached hydrogens (tertiary/aromatic N) is 1. The highest BCUT2D eigenvalue weighted by molar-refractivity contribution is 7.22. The van der Waals surface area contributed by atoms with Gasteiger partial charge in [-0.2, -0.15) is 0 Å². The average Bonchev–Trinajstić information content (AvgIpc) is 2.66. The summed E-state index contributed by atoms with van der Waals surface area (Å²) in [4.78, 5) is 14.5. The number of benzene rings is 1. The highest BCUT2D eigenvalue weighted by atomic mass is 32.1. The van der Waals surface area contributed by atoms with E-state index in [9.17, 15) is 9.18 Å². The number of carbonyl (C=O) groups is 1. The molecule has 3 N–H and O–H groups in total. The number of hydrogen-bond acceptors (Lipinski definition) is 5. The van der Waals surface area contributed by atoms with Crippen molar-refractivity contribution >= 4 is 32.8 Å². The lowest BCUT2D eigenvalue weighted by molar-refractivity contribution is 0.161. The first-order valence-electron chi connectivity index (χ1n) is 4.87. The van der Waals surface area contributed by atoms with Crippen LogP contribution in [-0.4, -0.2) is 24.2 Å². The van der Waals surface area contributed by atoms with E-state index in [1.165, 1.54) is 23.5 Å². The number of ether oxygens (including phenoxy) is 1. The van der Waals surface area contributed by atoms with Crippen molar-refractivity contribution in [1.82, 2.24) is 4.98 Å². The molecule has 90 valence electrons. The summed E-state index contributed by atoms with van der Waals surface area (Å²) in [6, 6.07) is 4.44. The van der Waals surface area contributed by atoms with Crippen molar-refractivity contribution in [3.63, 3.8) is 0 Å². The molecule has 0 saturated carbocycles. The summed E-state index contributed by atoms with van der Waals surface area (Å²) in [6.07, 6.45) is -0.807. The second kappa shape index (κ2) is 4.96. The molecule has 0 unspecified atom stereocenters. The molecule has 2 rings (SSSR count). The van der Waals surface area contributed by atoms with Gasteiger partial charge in [0.1, 0.15) is 12.4 Å². The number of carbonyl (C=O) groups excluding carboxylic acids is 1. The summed E-state index contributed by atoms with van der Waals surface area (Å²) in [6.45, 7) is 0.574. The van der Waals surface area contributed by atoms with Crippen LogP contribution in [0.2, 0.25) is 0 Å². The molecule has 0 aliphatic carbocycles. The molecule has 1 aromatic heterocycles. The van der Waals surface area contributed by atoms with Gasteiger partial charge in [-0.1, -0.05) is 11.3 Å². The summed E-state index contributed by atoms with van der Waals surface area (Å²) in [5, 5.41) is 3.61. The molecular weight excluding hydrogens is 245 g/mol. The molecule has 2 aromatic rings. The maximum Gasteiger partial charge on any atom is 0.404 e. The van der Waals surface area contributed by atoms with Crippen molar-refractivity contribution in [2.75, 3.05) is 18.5 Å². The zero-order valence-electron chi connectivity index (χ0n) is 8.77. The largest absolute Gasteiger partial charge is 0.448 e. The van der Waals surface area contributed by atoms with E-state index in [-0.39, 0.29) is 12.4 Å². The van der Waals surface area contributed by atoms with Crippen molar-refractivity contribution in [2.45, 2.75) is 0 Å². The van der Waals surface area contributed by atoms with Crippen molar-refractivity contribution < 1.29 is 13.9 Å². The van der Waals surface area contributed by atoms with E-state index in [4.69, 9.17) is 5.73 Å². The third-order valence-electron chi connectivity index (χ3n) is 1.97. The number of thiazole rings is 1. The topological polar surface area (TPSA) is 77.2 Å². The smallest absolute Gasteiger partial charge is 0.404 e. The van der Waals surface area contributed by atoms with Gasteiger partial charge in [0.25, 0.3) is 0 Å². The molecule has 7 heteroatoms. The number of anilines is 1. The molecular formula is C10H10FN3O2S. The van der Waals surface area contributed by atoms with Crippen LogP contribution in [0.15, 0.2) is 18.2 Å². The van der Waals surface area contributed by atoms with Crippen LogP contribution in [0.4, 0.5) is 14.3 Å². The monoisotopic (exact) mass is 255 g/mol. The predicted molar refractivity (Wildman–Crippen MR) is 63.6 cm³/mol. The Morgan fingerprint density at radius 1 is 1.59 bits per heavy atom. The molecule has 1 aromatic carbocycles. The Labute approximate surface area is 100 Å². The lowest BCUT2D eigenvalue weighted by Gasteiger charge is -2.01. The van der Waals surface area contributed by atoms with Gasteiger partial charge in [-0.25, -0.2) is 14.2 Å². The summed E-state index contributed by atoms with van der Waals surface area (Å²) >= 11 is 1.40. The molecule has 0 spiro atoms. The van der Waals surface area contributed by atoms with Crippen LogP contribution < -0.4 is 11.1 Å². The van der Waals surface area contributed by atoms with E-state index >= 15 is 0 Å². The van der Waals surface area contributed by atoms with E-state index in [2.05, 4.69) is 15.0 Å². The standard InChI is InChI=1S/C10H10FN3O2S/c11-6-1-2-8-7(5-6)14-10(17-8)13-3-4-16-9(12)15/h1-2,5H,3-4H2,(H2,12,15)(H,13,14). The number of primary amides is 1. The van der Waals surface area contributed by atoms with Gasteiger partial charge in [0.15, 0.2) is 5.13 Å². The van der Waals surface area contributed by atoms with Gasteiger partial charge in [-0.15, -0.1) is 0 Å². The lowest BCUT2D eigenvalue weighted by Crippen LogP contribution is -2.18. The molecule has 0 aliphatic rings. The quantitative estimate of drug-likeness (QED) is 0.818. The molecule has 1 heterocycles. The van der Waals surface area contributed by atoms with Crippen LogP contribution in [0.3, 0.4) is 0 Å². The number of rotatable bonds is 4. The van der Waals surface area contributed by atoms with Gasteiger partial charge in [0.2, 0.25) is 0 Å². The molecule has 0 bridgehead atoms. The first-order chi connectivity index (χ1) is 8.15. The Bertz CT molecular complexity index is 543. The zero-order valence-corrected chi connectivity index (χ0v) is 9.59. The van der Waals surface area contributed by atoms with E-state index in [0.29, 0.717) is 17.2 Å². The molecule has 17 heavy (non-hydrogen) atoms. The lowest BCUT2D eigenvalue weighted by atomic mass is 10.3. The van der Waals surface area contributed by atoms with E-state index < -0.39 is 6.09 Å². The van der Waals surface area contributed by atoms with Crippen LogP contribution in [0.5, 0.6) is 0 Å². The normalized spacial score (nSPS) is 10.4. The van der Waals surface area contributed by atoms with Gasteiger partial charge in [0, 0.05) is 6.07 Å². The minimum absolute atomic E-state index is 0.166. The Morgan fingerprint density at radius 2 is 2.41 bits per heavy atom. The van der Waals surface area contributed by atoms with Crippen molar-refractivity contribution in [1.29, 1.82) is 0 Å².